The third-order valence-corrected chi connectivity index (χ3v) is 2.87. The van der Waals surface area contributed by atoms with Gasteiger partial charge in [-0.3, -0.25) is 4.79 Å². The highest BCUT2D eigenvalue weighted by atomic mass is 35.5. The van der Waals surface area contributed by atoms with Crippen LogP contribution in [0.3, 0.4) is 0 Å². The van der Waals surface area contributed by atoms with Crippen molar-refractivity contribution in [2.24, 2.45) is 7.05 Å². The molecule has 0 fully saturated rings. The lowest BCUT2D eigenvalue weighted by Gasteiger charge is -2.06. The van der Waals surface area contributed by atoms with E-state index >= 15 is 0 Å². The largest absolute Gasteiger partial charge is 0.343 e. The summed E-state index contributed by atoms with van der Waals surface area (Å²) in [4.78, 5) is 19.8. The molecule has 0 radical (unpaired) electrons. The third kappa shape index (κ3) is 2.80. The van der Waals surface area contributed by atoms with Crippen LogP contribution < -0.4 is 5.32 Å². The Hall–Kier alpha value is -1.59. The molecule has 1 N–H and O–H groups in total. The van der Waals surface area contributed by atoms with Gasteiger partial charge in [-0.15, -0.1) is 0 Å². The summed E-state index contributed by atoms with van der Waals surface area (Å²) in [5.74, 6) is 0.354. The van der Waals surface area contributed by atoms with Crippen molar-refractivity contribution in [1.29, 1.82) is 0 Å². The average Bonchev–Trinajstić information content (AvgIpc) is 2.75. The van der Waals surface area contributed by atoms with Gasteiger partial charge in [0.1, 0.15) is 16.7 Å². The van der Waals surface area contributed by atoms with Crippen LogP contribution in [0.25, 0.3) is 0 Å². The summed E-state index contributed by atoms with van der Waals surface area (Å²) in [6.45, 7) is 0.298. The van der Waals surface area contributed by atoms with Crippen LogP contribution in [0.5, 0.6) is 0 Å². The predicted molar refractivity (Wildman–Crippen MR) is 68.6 cm³/mol. The summed E-state index contributed by atoms with van der Waals surface area (Å²) in [6, 6.07) is 3.06. The van der Waals surface area contributed by atoms with E-state index in [4.69, 9.17) is 23.2 Å². The topological polar surface area (TPSA) is 59.8 Å². The third-order valence-electron chi connectivity index (χ3n) is 2.36. The fourth-order valence-corrected chi connectivity index (χ4v) is 1.73. The number of rotatable bonds is 3. The van der Waals surface area contributed by atoms with E-state index in [1.54, 1.807) is 12.4 Å². The Morgan fingerprint density at radius 1 is 1.44 bits per heavy atom. The minimum Gasteiger partial charge on any atom is -0.343 e. The second-order valence-corrected chi connectivity index (χ2v) is 4.40. The molecule has 0 aliphatic heterocycles. The summed E-state index contributed by atoms with van der Waals surface area (Å²) in [5, 5.41) is 3.17. The summed E-state index contributed by atoms with van der Waals surface area (Å²) < 4.78 is 1.81. The van der Waals surface area contributed by atoms with Crippen molar-refractivity contribution in [3.05, 3.63) is 46.2 Å². The second-order valence-electron chi connectivity index (χ2n) is 3.60. The molecule has 0 aliphatic carbocycles. The number of aromatic nitrogens is 3. The Morgan fingerprint density at radius 2 is 2.22 bits per heavy atom. The lowest BCUT2D eigenvalue weighted by Crippen LogP contribution is -2.25. The zero-order valence-electron chi connectivity index (χ0n) is 9.52. The second kappa shape index (κ2) is 5.37. The first-order valence-corrected chi connectivity index (χ1v) is 5.90. The van der Waals surface area contributed by atoms with Gasteiger partial charge < -0.3 is 9.88 Å². The predicted octanol–water partition coefficient (Wildman–Crippen LogP) is 2.05. The monoisotopic (exact) mass is 284 g/mol. The highest BCUT2D eigenvalue weighted by Crippen LogP contribution is 2.16. The van der Waals surface area contributed by atoms with Gasteiger partial charge >= 0.3 is 0 Å². The van der Waals surface area contributed by atoms with E-state index < -0.39 is 0 Å². The number of halogens is 2. The maximum absolute atomic E-state index is 11.9. The van der Waals surface area contributed by atoms with Gasteiger partial charge in [0.15, 0.2) is 0 Å². The van der Waals surface area contributed by atoms with Crippen LogP contribution in [0, 0.1) is 0 Å². The van der Waals surface area contributed by atoms with Crippen molar-refractivity contribution in [3.63, 3.8) is 0 Å². The van der Waals surface area contributed by atoms with Gasteiger partial charge in [-0.1, -0.05) is 23.2 Å². The molecule has 0 saturated heterocycles. The van der Waals surface area contributed by atoms with E-state index in [1.807, 2.05) is 11.6 Å². The van der Waals surface area contributed by atoms with E-state index in [9.17, 15) is 4.79 Å². The molecule has 5 nitrogen and oxygen atoms in total. The molecule has 18 heavy (non-hydrogen) atoms. The fraction of sp³-hybridized carbons (Fsp3) is 0.182. The molecule has 0 spiro atoms. The molecule has 0 atom stereocenters. The number of nitrogens with zero attached hydrogens (tertiary/aromatic N) is 3. The van der Waals surface area contributed by atoms with Crippen LogP contribution in [0.15, 0.2) is 24.5 Å². The lowest BCUT2D eigenvalue weighted by molar-refractivity contribution is 0.0945. The minimum absolute atomic E-state index is 0.110. The molecule has 0 aliphatic rings. The number of pyridine rings is 1. The van der Waals surface area contributed by atoms with Crippen LogP contribution in [0.1, 0.15) is 16.3 Å². The van der Waals surface area contributed by atoms with E-state index in [-0.39, 0.29) is 21.8 Å². The SMILES string of the molecule is Cn1ccnc1CNC(=O)c1nc(Cl)ccc1Cl. The summed E-state index contributed by atoms with van der Waals surface area (Å²) >= 11 is 11.6. The number of aryl methyl sites for hydroxylation is 1. The Kier molecular flexibility index (Phi) is 3.84. The standard InChI is InChI=1S/C11H10Cl2N4O/c1-17-5-4-14-9(17)6-15-11(18)10-7(12)2-3-8(13)16-10/h2-5H,6H2,1H3,(H,15,18). The van der Waals surface area contributed by atoms with Gasteiger partial charge in [-0.05, 0) is 12.1 Å². The molecule has 2 aromatic heterocycles. The van der Waals surface area contributed by atoms with Gasteiger partial charge in [-0.2, -0.15) is 0 Å². The van der Waals surface area contributed by atoms with Gasteiger partial charge in [0, 0.05) is 19.4 Å². The van der Waals surface area contributed by atoms with Crippen molar-refractivity contribution >= 4 is 29.1 Å². The molecule has 0 aromatic carbocycles. The molecule has 2 aromatic rings. The molecular formula is C11H10Cl2N4O. The molecule has 2 rings (SSSR count). The number of amides is 1. The van der Waals surface area contributed by atoms with Crippen LogP contribution in [0.4, 0.5) is 0 Å². The van der Waals surface area contributed by atoms with Crippen molar-refractivity contribution in [2.75, 3.05) is 0 Å². The first-order valence-electron chi connectivity index (χ1n) is 5.14. The van der Waals surface area contributed by atoms with Crippen molar-refractivity contribution in [1.82, 2.24) is 19.9 Å². The Morgan fingerprint density at radius 3 is 2.89 bits per heavy atom. The Balaban J connectivity index is 2.08. The van der Waals surface area contributed by atoms with Gasteiger partial charge in [-0.25, -0.2) is 9.97 Å². The maximum atomic E-state index is 11.9. The average molecular weight is 285 g/mol. The Bertz CT molecular complexity index is 582. The molecule has 0 saturated carbocycles. The smallest absolute Gasteiger partial charge is 0.271 e. The zero-order valence-corrected chi connectivity index (χ0v) is 11.0. The molecule has 0 unspecified atom stereocenters. The zero-order chi connectivity index (χ0) is 13.1. The number of hydrogen-bond acceptors (Lipinski definition) is 3. The van der Waals surface area contributed by atoms with E-state index in [1.165, 1.54) is 12.1 Å². The molecule has 0 bridgehead atoms. The van der Waals surface area contributed by atoms with E-state index in [0.29, 0.717) is 6.54 Å². The van der Waals surface area contributed by atoms with Crippen molar-refractivity contribution in [3.8, 4) is 0 Å². The quantitative estimate of drug-likeness (QED) is 0.878. The van der Waals surface area contributed by atoms with Crippen LogP contribution in [-0.2, 0) is 13.6 Å². The minimum atomic E-state index is -0.384. The highest BCUT2D eigenvalue weighted by molar-refractivity contribution is 6.34. The lowest BCUT2D eigenvalue weighted by atomic mass is 10.3. The number of carbonyl (C=O) groups is 1. The number of carbonyl (C=O) groups excluding carboxylic acids is 1. The van der Waals surface area contributed by atoms with Crippen molar-refractivity contribution < 1.29 is 4.79 Å². The molecule has 1 amide bonds. The number of hydrogen-bond donors (Lipinski definition) is 1. The number of nitrogens with one attached hydrogen (secondary N) is 1. The molecule has 2 heterocycles. The van der Waals surface area contributed by atoms with Gasteiger partial charge in [0.2, 0.25) is 0 Å². The maximum Gasteiger partial charge on any atom is 0.271 e. The summed E-state index contributed by atoms with van der Waals surface area (Å²) in [5.41, 5.74) is 0.110. The van der Waals surface area contributed by atoms with E-state index in [2.05, 4.69) is 15.3 Å². The summed E-state index contributed by atoms with van der Waals surface area (Å²) in [7, 11) is 1.85. The molecule has 7 heteroatoms. The van der Waals surface area contributed by atoms with Crippen LogP contribution in [0.2, 0.25) is 10.2 Å². The van der Waals surface area contributed by atoms with Gasteiger partial charge in [0.25, 0.3) is 5.91 Å². The van der Waals surface area contributed by atoms with E-state index in [0.717, 1.165) is 5.82 Å². The van der Waals surface area contributed by atoms with Crippen LogP contribution >= 0.6 is 23.2 Å². The highest BCUT2D eigenvalue weighted by Gasteiger charge is 2.13. The molecule has 94 valence electrons. The summed E-state index contributed by atoms with van der Waals surface area (Å²) in [6.07, 6.45) is 3.46. The normalized spacial score (nSPS) is 10.4. The van der Waals surface area contributed by atoms with Crippen molar-refractivity contribution in [2.45, 2.75) is 6.54 Å². The Labute approximate surface area is 114 Å². The first kappa shape index (κ1) is 12.9. The fourth-order valence-electron chi connectivity index (χ4n) is 1.39. The van der Waals surface area contributed by atoms with Gasteiger partial charge in [0.05, 0.1) is 11.6 Å². The number of imidazole rings is 1. The van der Waals surface area contributed by atoms with Crippen LogP contribution in [-0.4, -0.2) is 20.4 Å². The first-order chi connectivity index (χ1) is 8.58. The molecular weight excluding hydrogens is 275 g/mol.